The first-order valence-corrected chi connectivity index (χ1v) is 9.50. The first kappa shape index (κ1) is 20.1. The number of ether oxygens (including phenoxy) is 3. The minimum absolute atomic E-state index is 0.155. The molecule has 0 fully saturated rings. The number of nitrogens with one attached hydrogen (secondary N) is 1. The summed E-state index contributed by atoms with van der Waals surface area (Å²) in [6, 6.07) is 11.0. The molecule has 2 aromatic carbocycles. The lowest BCUT2D eigenvalue weighted by atomic mass is 9.84. The average Bonchev–Trinajstić information content (AvgIpc) is 2.79. The quantitative estimate of drug-likeness (QED) is 0.675. The van der Waals surface area contributed by atoms with E-state index in [2.05, 4.69) is 10.3 Å². The van der Waals surface area contributed by atoms with Crippen LogP contribution in [0.5, 0.6) is 17.4 Å². The zero-order valence-corrected chi connectivity index (χ0v) is 16.9. The molecule has 0 amide bonds. The Hall–Kier alpha value is -3.19. The number of pyridine rings is 1. The second kappa shape index (κ2) is 8.28. The van der Waals surface area contributed by atoms with E-state index in [1.165, 1.54) is 6.07 Å². The van der Waals surface area contributed by atoms with E-state index < -0.39 is 17.7 Å². The number of rotatable bonds is 5. The second-order valence-corrected chi connectivity index (χ2v) is 7.04. The Morgan fingerprint density at radius 2 is 1.67 bits per heavy atom. The number of hydrogen-bond donors (Lipinski definition) is 1. The van der Waals surface area contributed by atoms with Crippen LogP contribution in [0.15, 0.2) is 48.7 Å². The highest BCUT2D eigenvalue weighted by molar-refractivity contribution is 5.52. The summed E-state index contributed by atoms with van der Waals surface area (Å²) in [7, 11) is 4.72. The van der Waals surface area contributed by atoms with E-state index in [1.54, 1.807) is 33.6 Å². The van der Waals surface area contributed by atoms with E-state index in [9.17, 15) is 8.78 Å². The molecule has 7 heteroatoms. The summed E-state index contributed by atoms with van der Waals surface area (Å²) in [5.41, 5.74) is 3.41. The lowest BCUT2D eigenvalue weighted by Crippen LogP contribution is -2.34. The lowest BCUT2D eigenvalue weighted by Gasteiger charge is -2.35. The monoisotopic (exact) mass is 412 g/mol. The fourth-order valence-corrected chi connectivity index (χ4v) is 3.96. The molecule has 0 spiro atoms. The van der Waals surface area contributed by atoms with Crippen LogP contribution in [0.4, 0.5) is 8.78 Å². The summed E-state index contributed by atoms with van der Waals surface area (Å²) < 4.78 is 44.0. The summed E-state index contributed by atoms with van der Waals surface area (Å²) >= 11 is 0. The van der Waals surface area contributed by atoms with Crippen molar-refractivity contribution < 1.29 is 23.0 Å². The van der Waals surface area contributed by atoms with Gasteiger partial charge < -0.3 is 14.2 Å². The first-order valence-electron chi connectivity index (χ1n) is 9.50. The van der Waals surface area contributed by atoms with Gasteiger partial charge in [-0.25, -0.2) is 13.8 Å². The Bertz CT molecular complexity index is 1070. The van der Waals surface area contributed by atoms with Gasteiger partial charge in [0.25, 0.3) is 0 Å². The van der Waals surface area contributed by atoms with Gasteiger partial charge in [-0.15, -0.1) is 0 Å². The molecule has 0 saturated heterocycles. The summed E-state index contributed by atoms with van der Waals surface area (Å²) in [4.78, 5) is 4.30. The van der Waals surface area contributed by atoms with Crippen LogP contribution < -0.4 is 19.5 Å². The van der Waals surface area contributed by atoms with Crippen molar-refractivity contribution in [1.29, 1.82) is 0 Å². The number of methoxy groups -OCH3 is 3. The van der Waals surface area contributed by atoms with Gasteiger partial charge in [-0.1, -0.05) is 12.1 Å². The molecular weight excluding hydrogens is 390 g/mol. The number of hydrogen-bond acceptors (Lipinski definition) is 5. The molecule has 156 valence electrons. The zero-order chi connectivity index (χ0) is 21.3. The van der Waals surface area contributed by atoms with Crippen LogP contribution in [0.2, 0.25) is 0 Å². The lowest BCUT2D eigenvalue weighted by molar-refractivity contribution is 0.349. The summed E-state index contributed by atoms with van der Waals surface area (Å²) in [6.07, 6.45) is 2.30. The predicted molar refractivity (Wildman–Crippen MR) is 108 cm³/mol. The van der Waals surface area contributed by atoms with Gasteiger partial charge in [0.1, 0.15) is 0 Å². The van der Waals surface area contributed by atoms with Crippen LogP contribution in [0, 0.1) is 11.6 Å². The number of aromatic nitrogens is 1. The molecule has 0 saturated carbocycles. The molecule has 0 bridgehead atoms. The molecule has 5 nitrogen and oxygen atoms in total. The predicted octanol–water partition coefficient (Wildman–Crippen LogP) is 4.36. The van der Waals surface area contributed by atoms with Crippen LogP contribution in [-0.4, -0.2) is 26.3 Å². The standard InChI is InChI=1S/C23H22F2N2O3/c1-28-20-11-14-10-19(15-5-4-8-26-23(15)30-3)27-22(16(14)12-21(20)29-2)13-6-7-17(24)18(25)9-13/h4-9,11-12,19,22,27H,10H2,1-3H3/t19-,22-/m1/s1. The van der Waals surface area contributed by atoms with E-state index in [0.29, 0.717) is 29.4 Å². The topological polar surface area (TPSA) is 52.6 Å². The van der Waals surface area contributed by atoms with E-state index in [1.807, 2.05) is 24.3 Å². The Kier molecular flexibility index (Phi) is 5.55. The Balaban J connectivity index is 1.86. The largest absolute Gasteiger partial charge is 0.493 e. The number of fused-ring (bicyclic) bond motifs is 1. The van der Waals surface area contributed by atoms with Crippen LogP contribution in [0.1, 0.15) is 34.3 Å². The highest BCUT2D eigenvalue weighted by Gasteiger charge is 2.32. The number of nitrogens with zero attached hydrogens (tertiary/aromatic N) is 1. The van der Waals surface area contributed by atoms with Crippen LogP contribution in [0.3, 0.4) is 0 Å². The van der Waals surface area contributed by atoms with Gasteiger partial charge in [0, 0.05) is 17.8 Å². The van der Waals surface area contributed by atoms with Crippen molar-refractivity contribution in [3.05, 3.63) is 82.5 Å². The zero-order valence-electron chi connectivity index (χ0n) is 16.9. The number of benzene rings is 2. The van der Waals surface area contributed by atoms with Crippen molar-refractivity contribution in [2.24, 2.45) is 0 Å². The highest BCUT2D eigenvalue weighted by atomic mass is 19.2. The molecule has 3 aromatic rings. The average molecular weight is 412 g/mol. The highest BCUT2D eigenvalue weighted by Crippen LogP contribution is 2.42. The molecule has 30 heavy (non-hydrogen) atoms. The minimum atomic E-state index is -0.891. The third-order valence-corrected chi connectivity index (χ3v) is 5.39. The molecule has 1 aromatic heterocycles. The first-order chi connectivity index (χ1) is 14.5. The van der Waals surface area contributed by atoms with E-state index >= 15 is 0 Å². The molecule has 1 aliphatic rings. The van der Waals surface area contributed by atoms with Gasteiger partial charge in [0.2, 0.25) is 5.88 Å². The molecule has 4 rings (SSSR count). The van der Waals surface area contributed by atoms with Crippen molar-refractivity contribution in [1.82, 2.24) is 10.3 Å². The maximum Gasteiger partial charge on any atom is 0.217 e. The Morgan fingerprint density at radius 1 is 0.900 bits per heavy atom. The van der Waals surface area contributed by atoms with Crippen molar-refractivity contribution in [2.45, 2.75) is 18.5 Å². The maximum atomic E-state index is 14.0. The molecule has 2 atom stereocenters. The molecule has 0 unspecified atom stereocenters. The Morgan fingerprint density at radius 3 is 2.37 bits per heavy atom. The van der Waals surface area contributed by atoms with Gasteiger partial charge in [-0.05, 0) is 53.4 Å². The molecule has 0 radical (unpaired) electrons. The van der Waals surface area contributed by atoms with E-state index in [0.717, 1.165) is 22.8 Å². The normalized spacial score (nSPS) is 17.9. The molecule has 2 heterocycles. The molecule has 0 aliphatic carbocycles. The number of halogens is 2. The smallest absolute Gasteiger partial charge is 0.217 e. The van der Waals surface area contributed by atoms with Gasteiger partial charge in [0.05, 0.1) is 27.4 Å². The van der Waals surface area contributed by atoms with Crippen LogP contribution in [-0.2, 0) is 6.42 Å². The third-order valence-electron chi connectivity index (χ3n) is 5.39. The summed E-state index contributed by atoms with van der Waals surface area (Å²) in [6.45, 7) is 0. The fourth-order valence-electron chi connectivity index (χ4n) is 3.96. The maximum absolute atomic E-state index is 14.0. The molecular formula is C23H22F2N2O3. The van der Waals surface area contributed by atoms with Gasteiger partial charge in [-0.3, -0.25) is 5.32 Å². The molecule has 1 aliphatic heterocycles. The Labute approximate surface area is 173 Å². The SMILES string of the molecule is COc1cc2c(cc1OC)[C@@H](c1ccc(F)c(F)c1)N[C@@H](c1cccnc1OC)C2. The van der Waals surface area contributed by atoms with E-state index in [-0.39, 0.29) is 6.04 Å². The van der Waals surface area contributed by atoms with Crippen molar-refractivity contribution in [3.63, 3.8) is 0 Å². The minimum Gasteiger partial charge on any atom is -0.493 e. The summed E-state index contributed by atoms with van der Waals surface area (Å²) in [5, 5.41) is 3.55. The summed E-state index contributed by atoms with van der Waals surface area (Å²) in [5.74, 6) is -0.0740. The van der Waals surface area contributed by atoms with Crippen LogP contribution >= 0.6 is 0 Å². The van der Waals surface area contributed by atoms with Crippen molar-refractivity contribution >= 4 is 0 Å². The van der Waals surface area contributed by atoms with Gasteiger partial charge in [0.15, 0.2) is 23.1 Å². The second-order valence-electron chi connectivity index (χ2n) is 7.04. The van der Waals surface area contributed by atoms with E-state index in [4.69, 9.17) is 14.2 Å². The fraction of sp³-hybridized carbons (Fsp3) is 0.261. The van der Waals surface area contributed by atoms with Gasteiger partial charge >= 0.3 is 0 Å². The van der Waals surface area contributed by atoms with Crippen molar-refractivity contribution in [3.8, 4) is 17.4 Å². The van der Waals surface area contributed by atoms with Crippen LogP contribution in [0.25, 0.3) is 0 Å². The van der Waals surface area contributed by atoms with Gasteiger partial charge in [-0.2, -0.15) is 0 Å². The molecule has 1 N–H and O–H groups in total. The third kappa shape index (κ3) is 3.57. The van der Waals surface area contributed by atoms with Crippen molar-refractivity contribution in [2.75, 3.05) is 21.3 Å².